The monoisotopic (exact) mass is 236 g/mol. The summed E-state index contributed by atoms with van der Waals surface area (Å²) in [7, 11) is 1.94. The van der Waals surface area contributed by atoms with Gasteiger partial charge in [0.15, 0.2) is 0 Å². The van der Waals surface area contributed by atoms with E-state index in [1.54, 1.807) is 11.3 Å². The summed E-state index contributed by atoms with van der Waals surface area (Å²) in [6.07, 6.45) is 2.96. The van der Waals surface area contributed by atoms with Crippen LogP contribution in [0.5, 0.6) is 0 Å². The highest BCUT2D eigenvalue weighted by molar-refractivity contribution is 7.09. The van der Waals surface area contributed by atoms with Gasteiger partial charge in [-0.3, -0.25) is 4.68 Å². The maximum absolute atomic E-state index is 4.42. The lowest BCUT2D eigenvalue weighted by Gasteiger charge is -2.02. The van der Waals surface area contributed by atoms with Crippen LogP contribution in [0, 0.1) is 6.92 Å². The van der Waals surface area contributed by atoms with Crippen molar-refractivity contribution in [2.24, 2.45) is 7.05 Å². The first-order valence-corrected chi connectivity index (χ1v) is 6.24. The highest BCUT2D eigenvalue weighted by Crippen LogP contribution is 2.15. The number of aryl methyl sites for hydroxylation is 3. The lowest BCUT2D eigenvalue weighted by molar-refractivity contribution is 0.746. The van der Waals surface area contributed by atoms with Crippen molar-refractivity contribution in [3.63, 3.8) is 0 Å². The third-order valence-corrected chi connectivity index (χ3v) is 3.19. The van der Waals surface area contributed by atoms with Crippen molar-refractivity contribution >= 4 is 17.0 Å². The molecule has 16 heavy (non-hydrogen) atoms. The molecule has 86 valence electrons. The number of nitrogens with zero attached hydrogens (tertiary/aromatic N) is 3. The van der Waals surface area contributed by atoms with Crippen molar-refractivity contribution < 1.29 is 0 Å². The molecule has 2 rings (SSSR count). The molecular weight excluding hydrogens is 220 g/mol. The molecule has 0 aromatic carbocycles. The molecule has 0 atom stereocenters. The van der Waals surface area contributed by atoms with E-state index >= 15 is 0 Å². The Morgan fingerprint density at radius 2 is 2.31 bits per heavy atom. The maximum atomic E-state index is 4.42. The fraction of sp³-hybridized carbons (Fsp3) is 0.455. The largest absolute Gasteiger partial charge is 0.377 e. The highest BCUT2D eigenvalue weighted by atomic mass is 32.1. The summed E-state index contributed by atoms with van der Waals surface area (Å²) in [4.78, 5) is 4.42. The lowest BCUT2D eigenvalue weighted by Crippen LogP contribution is -2.01. The predicted molar refractivity (Wildman–Crippen MR) is 66.8 cm³/mol. The molecular formula is C11H16N4S. The fourth-order valence-corrected chi connectivity index (χ4v) is 2.23. The zero-order valence-corrected chi connectivity index (χ0v) is 10.6. The van der Waals surface area contributed by atoms with Crippen LogP contribution < -0.4 is 5.32 Å². The smallest absolute Gasteiger partial charge is 0.0898 e. The van der Waals surface area contributed by atoms with Gasteiger partial charge in [-0.05, 0) is 13.3 Å². The van der Waals surface area contributed by atoms with Gasteiger partial charge in [-0.25, -0.2) is 4.98 Å². The van der Waals surface area contributed by atoms with Crippen molar-refractivity contribution in [1.82, 2.24) is 14.8 Å². The van der Waals surface area contributed by atoms with E-state index in [0.717, 1.165) is 35.0 Å². The first-order chi connectivity index (χ1) is 7.69. The Balaban J connectivity index is 2.04. The Labute approximate surface area is 99.3 Å². The van der Waals surface area contributed by atoms with E-state index in [-0.39, 0.29) is 0 Å². The summed E-state index contributed by atoms with van der Waals surface area (Å²) < 4.78 is 1.84. The molecule has 5 heteroatoms. The Kier molecular flexibility index (Phi) is 3.24. The van der Waals surface area contributed by atoms with Crippen LogP contribution in [0.4, 0.5) is 5.69 Å². The topological polar surface area (TPSA) is 42.7 Å². The molecule has 0 amide bonds. The molecule has 0 saturated heterocycles. The van der Waals surface area contributed by atoms with Crippen LogP contribution >= 0.6 is 11.3 Å². The third-order valence-electron chi connectivity index (χ3n) is 2.37. The van der Waals surface area contributed by atoms with Crippen LogP contribution in [0.15, 0.2) is 11.6 Å². The van der Waals surface area contributed by atoms with Gasteiger partial charge in [0, 0.05) is 18.6 Å². The molecule has 0 aliphatic rings. The normalized spacial score (nSPS) is 10.7. The molecule has 0 spiro atoms. The number of anilines is 1. The van der Waals surface area contributed by atoms with Gasteiger partial charge in [0.1, 0.15) is 0 Å². The van der Waals surface area contributed by atoms with Gasteiger partial charge >= 0.3 is 0 Å². The van der Waals surface area contributed by atoms with Gasteiger partial charge in [-0.15, -0.1) is 11.3 Å². The summed E-state index contributed by atoms with van der Waals surface area (Å²) in [5.41, 5.74) is 3.30. The summed E-state index contributed by atoms with van der Waals surface area (Å²) in [5.74, 6) is 0. The number of hydrogen-bond acceptors (Lipinski definition) is 4. The van der Waals surface area contributed by atoms with Crippen molar-refractivity contribution in [2.75, 3.05) is 5.32 Å². The quantitative estimate of drug-likeness (QED) is 0.886. The second-order valence-corrected chi connectivity index (χ2v) is 4.79. The molecule has 2 aromatic rings. The van der Waals surface area contributed by atoms with E-state index in [4.69, 9.17) is 0 Å². The summed E-state index contributed by atoms with van der Waals surface area (Å²) >= 11 is 1.68. The van der Waals surface area contributed by atoms with E-state index < -0.39 is 0 Å². The molecule has 0 radical (unpaired) electrons. The Morgan fingerprint density at radius 3 is 2.94 bits per heavy atom. The van der Waals surface area contributed by atoms with E-state index in [1.807, 2.05) is 24.9 Å². The van der Waals surface area contributed by atoms with Crippen LogP contribution in [-0.2, 0) is 20.0 Å². The summed E-state index contributed by atoms with van der Waals surface area (Å²) in [6.45, 7) is 4.90. The van der Waals surface area contributed by atoms with Crippen LogP contribution in [0.25, 0.3) is 0 Å². The Morgan fingerprint density at radius 1 is 1.50 bits per heavy atom. The molecule has 1 N–H and O–H groups in total. The molecule has 2 aromatic heterocycles. The maximum Gasteiger partial charge on any atom is 0.0898 e. The zero-order valence-electron chi connectivity index (χ0n) is 9.82. The standard InChI is InChI=1S/C11H16N4S/c1-4-10-11(6-15(3)14-10)12-5-9-7-16-8(2)13-9/h6-7,12H,4-5H2,1-3H3. The highest BCUT2D eigenvalue weighted by Gasteiger charge is 2.05. The van der Waals surface area contributed by atoms with Crippen LogP contribution in [0.2, 0.25) is 0 Å². The van der Waals surface area contributed by atoms with Gasteiger partial charge in [-0.2, -0.15) is 5.10 Å². The first-order valence-electron chi connectivity index (χ1n) is 5.36. The van der Waals surface area contributed by atoms with Gasteiger partial charge in [0.25, 0.3) is 0 Å². The first kappa shape index (κ1) is 11.1. The van der Waals surface area contributed by atoms with E-state index in [0.29, 0.717) is 0 Å². The average Bonchev–Trinajstić information content (AvgIpc) is 2.81. The van der Waals surface area contributed by atoms with Crippen LogP contribution in [0.3, 0.4) is 0 Å². The number of hydrogen-bond donors (Lipinski definition) is 1. The van der Waals surface area contributed by atoms with Crippen molar-refractivity contribution in [3.05, 3.63) is 28.0 Å². The molecule has 0 aliphatic heterocycles. The molecule has 0 fully saturated rings. The SMILES string of the molecule is CCc1nn(C)cc1NCc1csc(C)n1. The van der Waals surface area contributed by atoms with Gasteiger partial charge in [-0.1, -0.05) is 6.92 Å². The molecule has 0 unspecified atom stereocenters. The molecule has 0 bridgehead atoms. The Hall–Kier alpha value is -1.36. The van der Waals surface area contributed by atoms with Crippen LogP contribution in [-0.4, -0.2) is 14.8 Å². The van der Waals surface area contributed by atoms with Crippen LogP contribution in [0.1, 0.15) is 23.3 Å². The molecule has 0 aliphatic carbocycles. The van der Waals surface area contributed by atoms with E-state index in [9.17, 15) is 0 Å². The second-order valence-electron chi connectivity index (χ2n) is 3.73. The number of rotatable bonds is 4. The molecule has 2 heterocycles. The van der Waals surface area contributed by atoms with Crippen molar-refractivity contribution in [3.8, 4) is 0 Å². The van der Waals surface area contributed by atoms with Gasteiger partial charge in [0.2, 0.25) is 0 Å². The minimum absolute atomic E-state index is 0.767. The van der Waals surface area contributed by atoms with Gasteiger partial charge in [0.05, 0.1) is 28.6 Å². The number of nitrogens with one attached hydrogen (secondary N) is 1. The zero-order chi connectivity index (χ0) is 11.5. The Bertz CT molecular complexity index is 472. The molecule has 4 nitrogen and oxygen atoms in total. The summed E-state index contributed by atoms with van der Waals surface area (Å²) in [5, 5.41) is 11.0. The van der Waals surface area contributed by atoms with Crippen molar-refractivity contribution in [1.29, 1.82) is 0 Å². The number of thiazole rings is 1. The van der Waals surface area contributed by atoms with Crippen molar-refractivity contribution in [2.45, 2.75) is 26.8 Å². The predicted octanol–water partition coefficient (Wildman–Crippen LogP) is 2.36. The second kappa shape index (κ2) is 4.65. The fourth-order valence-electron chi connectivity index (χ4n) is 1.62. The lowest BCUT2D eigenvalue weighted by atomic mass is 10.3. The number of aromatic nitrogens is 3. The summed E-state index contributed by atoms with van der Waals surface area (Å²) in [6, 6.07) is 0. The van der Waals surface area contributed by atoms with E-state index in [2.05, 4.69) is 27.7 Å². The minimum atomic E-state index is 0.767. The van der Waals surface area contributed by atoms with Gasteiger partial charge < -0.3 is 5.32 Å². The van der Waals surface area contributed by atoms with E-state index in [1.165, 1.54) is 0 Å². The third kappa shape index (κ3) is 2.41. The minimum Gasteiger partial charge on any atom is -0.377 e. The average molecular weight is 236 g/mol. The molecule has 0 saturated carbocycles.